The average Bonchev–Trinajstić information content (AvgIpc) is 2.26. The first-order valence-corrected chi connectivity index (χ1v) is 7.26. The van der Waals surface area contributed by atoms with E-state index < -0.39 is 22.6 Å². The summed E-state index contributed by atoms with van der Waals surface area (Å²) >= 11 is 0. The lowest BCUT2D eigenvalue weighted by atomic mass is 10.3. The third-order valence-electron chi connectivity index (χ3n) is 2.12. The molecule has 0 saturated carbocycles. The van der Waals surface area contributed by atoms with Gasteiger partial charge in [0.2, 0.25) is 0 Å². The molecule has 0 aliphatic carbocycles. The Bertz CT molecular complexity index is 497. The molecule has 19 heavy (non-hydrogen) atoms. The Balaban J connectivity index is 2.35. The molecule has 8 heteroatoms. The third kappa shape index (κ3) is 6.44. The van der Waals surface area contributed by atoms with Crippen LogP contribution in [-0.4, -0.2) is 40.6 Å². The van der Waals surface area contributed by atoms with Gasteiger partial charge in [-0.25, -0.2) is 8.42 Å². The molecular weight excluding hydrogens is 283 g/mol. The molecule has 0 aromatic heterocycles. The molecule has 108 valence electrons. The fourth-order valence-electron chi connectivity index (χ4n) is 1.28. The molecule has 0 unspecified atom stereocenters. The van der Waals surface area contributed by atoms with Crippen molar-refractivity contribution >= 4 is 15.5 Å². The molecule has 1 N–H and O–H groups in total. The lowest BCUT2D eigenvalue weighted by Gasteiger charge is -2.09. The number of anilines is 1. The van der Waals surface area contributed by atoms with E-state index in [9.17, 15) is 21.6 Å². The average molecular weight is 297 g/mol. The van der Waals surface area contributed by atoms with E-state index in [4.69, 9.17) is 0 Å². The van der Waals surface area contributed by atoms with Crippen molar-refractivity contribution in [1.29, 1.82) is 0 Å². The quantitative estimate of drug-likeness (QED) is 0.817. The topological polar surface area (TPSA) is 55.4 Å². The molecule has 0 aliphatic heterocycles. The predicted molar refractivity (Wildman–Crippen MR) is 64.9 cm³/mol. The van der Waals surface area contributed by atoms with Crippen LogP contribution >= 0.6 is 0 Å². The molecule has 0 bridgehead atoms. The van der Waals surface area contributed by atoms with Crippen LogP contribution in [-0.2, 0) is 14.6 Å². The summed E-state index contributed by atoms with van der Waals surface area (Å²) in [5.74, 6) is 0. The van der Waals surface area contributed by atoms with E-state index in [1.807, 2.05) is 0 Å². The zero-order chi connectivity index (χ0) is 14.5. The highest BCUT2D eigenvalue weighted by Gasteiger charge is 2.27. The van der Waals surface area contributed by atoms with Gasteiger partial charge in [-0.05, 0) is 24.3 Å². The van der Waals surface area contributed by atoms with Gasteiger partial charge in [-0.15, -0.1) is 0 Å². The Hall–Kier alpha value is -1.28. The molecule has 0 amide bonds. The summed E-state index contributed by atoms with van der Waals surface area (Å²) in [5, 5.41) is 2.82. The van der Waals surface area contributed by atoms with Crippen molar-refractivity contribution in [2.75, 3.05) is 31.3 Å². The van der Waals surface area contributed by atoms with Crippen LogP contribution in [0.2, 0.25) is 0 Å². The van der Waals surface area contributed by atoms with E-state index in [2.05, 4.69) is 10.1 Å². The zero-order valence-corrected chi connectivity index (χ0v) is 11.0. The van der Waals surface area contributed by atoms with Gasteiger partial charge in [-0.2, -0.15) is 13.2 Å². The van der Waals surface area contributed by atoms with Crippen molar-refractivity contribution in [1.82, 2.24) is 0 Å². The second kappa shape index (κ2) is 6.25. The van der Waals surface area contributed by atoms with Crippen LogP contribution in [0.15, 0.2) is 29.2 Å². The van der Waals surface area contributed by atoms with Crippen molar-refractivity contribution in [3.63, 3.8) is 0 Å². The number of nitrogens with one attached hydrogen (secondary N) is 1. The Kier molecular flexibility index (Phi) is 5.19. The minimum atomic E-state index is -4.32. The molecule has 1 aromatic carbocycles. The molecule has 4 nitrogen and oxygen atoms in total. The highest BCUT2D eigenvalue weighted by Crippen LogP contribution is 2.15. The number of sulfone groups is 1. The van der Waals surface area contributed by atoms with Crippen LogP contribution in [0.3, 0.4) is 0 Å². The molecule has 0 radical (unpaired) electrons. The summed E-state index contributed by atoms with van der Waals surface area (Å²) in [6.07, 6.45) is -3.22. The Labute approximate surface area is 109 Å². The van der Waals surface area contributed by atoms with E-state index in [1.54, 1.807) is 12.1 Å². The van der Waals surface area contributed by atoms with E-state index in [0.717, 1.165) is 6.26 Å². The number of rotatable bonds is 6. The Morgan fingerprint density at radius 2 is 1.79 bits per heavy atom. The maximum atomic E-state index is 11.8. The monoisotopic (exact) mass is 297 g/mol. The minimum Gasteiger partial charge on any atom is -0.383 e. The second-order valence-corrected chi connectivity index (χ2v) is 5.91. The van der Waals surface area contributed by atoms with Gasteiger partial charge in [-0.1, -0.05) is 0 Å². The van der Waals surface area contributed by atoms with E-state index in [-0.39, 0.29) is 18.0 Å². The predicted octanol–water partition coefficient (Wildman–Crippen LogP) is 2.08. The Morgan fingerprint density at radius 1 is 1.21 bits per heavy atom. The number of alkyl halides is 3. The summed E-state index contributed by atoms with van der Waals surface area (Å²) in [6.45, 7) is -1.16. The van der Waals surface area contributed by atoms with Gasteiger partial charge in [0.05, 0.1) is 11.5 Å². The first kappa shape index (κ1) is 15.8. The summed E-state index contributed by atoms with van der Waals surface area (Å²) in [4.78, 5) is 0.186. The smallest absolute Gasteiger partial charge is 0.383 e. The van der Waals surface area contributed by atoms with E-state index in [1.165, 1.54) is 12.1 Å². The Morgan fingerprint density at radius 3 is 2.26 bits per heavy atom. The van der Waals surface area contributed by atoms with Crippen molar-refractivity contribution in [3.05, 3.63) is 24.3 Å². The van der Waals surface area contributed by atoms with E-state index >= 15 is 0 Å². The number of hydrogen-bond acceptors (Lipinski definition) is 4. The van der Waals surface area contributed by atoms with Crippen molar-refractivity contribution in [3.8, 4) is 0 Å². The molecule has 0 saturated heterocycles. The normalized spacial score (nSPS) is 12.4. The standard InChI is InChI=1S/C11H14F3NO3S/c1-19(16,17)10-4-2-9(3-5-10)15-6-7-18-8-11(12,13)14/h2-5,15H,6-8H2,1H3. The summed E-state index contributed by atoms with van der Waals surface area (Å²) in [5.41, 5.74) is 0.614. The van der Waals surface area contributed by atoms with Gasteiger partial charge in [0, 0.05) is 18.5 Å². The zero-order valence-electron chi connectivity index (χ0n) is 10.2. The molecule has 0 aliphatic rings. The van der Waals surface area contributed by atoms with Crippen LogP contribution in [0.1, 0.15) is 0 Å². The van der Waals surface area contributed by atoms with Crippen LogP contribution in [0.25, 0.3) is 0 Å². The molecule has 0 fully saturated rings. The van der Waals surface area contributed by atoms with Crippen molar-refractivity contribution in [2.45, 2.75) is 11.1 Å². The SMILES string of the molecule is CS(=O)(=O)c1ccc(NCCOCC(F)(F)F)cc1. The summed E-state index contributed by atoms with van der Waals surface area (Å²) in [7, 11) is -3.24. The largest absolute Gasteiger partial charge is 0.411 e. The minimum absolute atomic E-state index is 0.0899. The molecule has 0 spiro atoms. The van der Waals surface area contributed by atoms with Gasteiger partial charge < -0.3 is 10.1 Å². The van der Waals surface area contributed by atoms with Crippen LogP contribution in [0.5, 0.6) is 0 Å². The third-order valence-corrected chi connectivity index (χ3v) is 3.25. The van der Waals surface area contributed by atoms with Crippen molar-refractivity contribution < 1.29 is 26.3 Å². The first-order chi connectivity index (χ1) is 8.68. The van der Waals surface area contributed by atoms with Gasteiger partial charge in [-0.3, -0.25) is 0 Å². The number of benzene rings is 1. The lowest BCUT2D eigenvalue weighted by molar-refractivity contribution is -0.172. The fourth-order valence-corrected chi connectivity index (χ4v) is 1.91. The number of halogens is 3. The molecule has 0 heterocycles. The van der Waals surface area contributed by atoms with Gasteiger partial charge in [0.25, 0.3) is 0 Å². The van der Waals surface area contributed by atoms with E-state index in [0.29, 0.717) is 5.69 Å². The number of ether oxygens (including phenoxy) is 1. The maximum Gasteiger partial charge on any atom is 0.411 e. The first-order valence-electron chi connectivity index (χ1n) is 5.37. The summed E-state index contributed by atoms with van der Waals surface area (Å²) in [6, 6.07) is 5.93. The molecular formula is C11H14F3NO3S. The molecule has 1 rings (SSSR count). The highest BCUT2D eigenvalue weighted by molar-refractivity contribution is 7.90. The number of hydrogen-bond donors (Lipinski definition) is 1. The van der Waals surface area contributed by atoms with Gasteiger partial charge in [0.1, 0.15) is 6.61 Å². The maximum absolute atomic E-state index is 11.8. The van der Waals surface area contributed by atoms with Gasteiger partial charge >= 0.3 is 6.18 Å². The molecule has 0 atom stereocenters. The summed E-state index contributed by atoms with van der Waals surface area (Å²) < 4.78 is 62.1. The second-order valence-electron chi connectivity index (χ2n) is 3.89. The highest BCUT2D eigenvalue weighted by atomic mass is 32.2. The van der Waals surface area contributed by atoms with Crippen LogP contribution < -0.4 is 5.32 Å². The van der Waals surface area contributed by atoms with Gasteiger partial charge in [0.15, 0.2) is 9.84 Å². The van der Waals surface area contributed by atoms with Crippen LogP contribution in [0, 0.1) is 0 Å². The molecule has 1 aromatic rings. The van der Waals surface area contributed by atoms with Crippen LogP contribution in [0.4, 0.5) is 18.9 Å². The van der Waals surface area contributed by atoms with Crippen molar-refractivity contribution in [2.24, 2.45) is 0 Å². The fraction of sp³-hybridized carbons (Fsp3) is 0.455. The lowest BCUT2D eigenvalue weighted by Crippen LogP contribution is -2.20.